The summed E-state index contributed by atoms with van der Waals surface area (Å²) >= 11 is 10.8. The van der Waals surface area contributed by atoms with Crippen molar-refractivity contribution in [2.24, 2.45) is 0 Å². The minimum Gasteiger partial charge on any atom is -0.355 e. The number of hydrogen-bond donors (Lipinski definition) is 1. The summed E-state index contributed by atoms with van der Waals surface area (Å²) in [4.78, 5) is 1.84. The number of rotatable bonds is 1. The van der Waals surface area contributed by atoms with Crippen LogP contribution < -0.4 is 5.32 Å². The summed E-state index contributed by atoms with van der Waals surface area (Å²) in [5, 5.41) is 4.47. The normalized spacial score (nSPS) is 8.79. The molecule has 1 N–H and O–H groups in total. The lowest BCUT2D eigenvalue weighted by molar-refractivity contribution is 0.634. The third kappa shape index (κ3) is 4.43. The van der Waals surface area contributed by atoms with Gasteiger partial charge in [-0.15, -0.1) is 24.0 Å². The molecule has 0 spiro atoms. The van der Waals surface area contributed by atoms with Crippen LogP contribution in [0.25, 0.3) is 0 Å². The van der Waals surface area contributed by atoms with Crippen molar-refractivity contribution in [3.63, 3.8) is 0 Å². The van der Waals surface area contributed by atoms with Gasteiger partial charge in [-0.2, -0.15) is 0 Å². The minimum absolute atomic E-state index is 0. The lowest BCUT2D eigenvalue weighted by atomic mass is 10.3. The van der Waals surface area contributed by atoms with Gasteiger partial charge in [-0.3, -0.25) is 0 Å². The first-order chi connectivity index (χ1) is 6.09. The quantitative estimate of drug-likeness (QED) is 0.623. The van der Waals surface area contributed by atoms with E-state index in [0.717, 1.165) is 10.7 Å². The van der Waals surface area contributed by atoms with Gasteiger partial charge in [0.15, 0.2) is 5.11 Å². The van der Waals surface area contributed by atoms with Crippen molar-refractivity contribution in [3.8, 4) is 0 Å². The molecule has 0 atom stereocenters. The van der Waals surface area contributed by atoms with Gasteiger partial charge in [0.05, 0.1) is 0 Å². The van der Waals surface area contributed by atoms with Crippen LogP contribution in [0.1, 0.15) is 0 Å². The number of thiocarbonyl (C=S) groups is 1. The predicted molar refractivity (Wildman–Crippen MR) is 76.8 cm³/mol. The molecule has 78 valence electrons. The van der Waals surface area contributed by atoms with Crippen molar-refractivity contribution in [1.29, 1.82) is 0 Å². The number of anilines is 1. The summed E-state index contributed by atoms with van der Waals surface area (Å²) in [7, 11) is 3.79. The van der Waals surface area contributed by atoms with Gasteiger partial charge >= 0.3 is 0 Å². The third-order valence-electron chi connectivity index (χ3n) is 1.50. The molecule has 0 aliphatic rings. The molecule has 1 aromatic carbocycles. The van der Waals surface area contributed by atoms with Crippen LogP contribution in [0.2, 0.25) is 5.02 Å². The zero-order valence-electron chi connectivity index (χ0n) is 7.95. The van der Waals surface area contributed by atoms with Gasteiger partial charge in [-0.25, -0.2) is 0 Å². The number of benzene rings is 1. The minimum atomic E-state index is 0. The summed E-state index contributed by atoms with van der Waals surface area (Å²) < 4.78 is 0. The second kappa shape index (κ2) is 6.42. The molecule has 0 unspecified atom stereocenters. The molecule has 14 heavy (non-hydrogen) atoms. The Labute approximate surface area is 112 Å². The molecule has 1 rings (SSSR count). The molecular formula is C9H12ClIN2S. The smallest absolute Gasteiger partial charge is 0.172 e. The highest BCUT2D eigenvalue weighted by molar-refractivity contribution is 14.0. The van der Waals surface area contributed by atoms with Gasteiger partial charge in [-0.1, -0.05) is 11.6 Å². The Bertz CT molecular complexity index is 300. The molecule has 0 bridgehead atoms. The monoisotopic (exact) mass is 342 g/mol. The van der Waals surface area contributed by atoms with Gasteiger partial charge in [0.1, 0.15) is 0 Å². The van der Waals surface area contributed by atoms with Crippen LogP contribution >= 0.6 is 47.8 Å². The van der Waals surface area contributed by atoms with E-state index in [0.29, 0.717) is 5.11 Å². The highest BCUT2D eigenvalue weighted by Gasteiger charge is 1.98. The van der Waals surface area contributed by atoms with E-state index in [9.17, 15) is 0 Å². The van der Waals surface area contributed by atoms with Crippen molar-refractivity contribution < 1.29 is 0 Å². The van der Waals surface area contributed by atoms with E-state index in [2.05, 4.69) is 5.32 Å². The highest BCUT2D eigenvalue weighted by atomic mass is 127. The largest absolute Gasteiger partial charge is 0.355 e. The number of hydrogen-bond acceptors (Lipinski definition) is 1. The molecule has 0 aliphatic heterocycles. The third-order valence-corrected chi connectivity index (χ3v) is 2.22. The Hall–Kier alpha value is -0.0700. The molecule has 1 aromatic rings. The van der Waals surface area contributed by atoms with E-state index >= 15 is 0 Å². The topological polar surface area (TPSA) is 15.3 Å². The van der Waals surface area contributed by atoms with Crippen molar-refractivity contribution in [2.45, 2.75) is 0 Å². The lowest BCUT2D eigenvalue weighted by Crippen LogP contribution is -2.26. The van der Waals surface area contributed by atoms with Gasteiger partial charge in [-0.05, 0) is 36.5 Å². The fourth-order valence-electron chi connectivity index (χ4n) is 0.769. The van der Waals surface area contributed by atoms with Gasteiger partial charge in [0, 0.05) is 24.8 Å². The fraction of sp³-hybridized carbons (Fsp3) is 0.222. The van der Waals surface area contributed by atoms with E-state index in [1.54, 1.807) is 0 Å². The Morgan fingerprint density at radius 3 is 2.21 bits per heavy atom. The zero-order chi connectivity index (χ0) is 9.84. The first kappa shape index (κ1) is 13.9. The molecule has 0 radical (unpaired) electrons. The summed E-state index contributed by atoms with van der Waals surface area (Å²) in [6.07, 6.45) is 0. The fourth-order valence-corrected chi connectivity index (χ4v) is 1.01. The standard InChI is InChI=1S/C9H11ClN2S.HI/c1-12(2)9(13)11-8-5-3-7(10)4-6-8;/h3-6H,1-2H3,(H,11,13);1H. The molecule has 0 saturated carbocycles. The van der Waals surface area contributed by atoms with Gasteiger partial charge in [0.25, 0.3) is 0 Å². The molecular weight excluding hydrogens is 331 g/mol. The van der Waals surface area contributed by atoms with Crippen LogP contribution in [0.4, 0.5) is 5.69 Å². The molecule has 2 nitrogen and oxygen atoms in total. The summed E-state index contributed by atoms with van der Waals surface area (Å²) in [6, 6.07) is 7.42. The maximum absolute atomic E-state index is 5.74. The number of nitrogens with zero attached hydrogens (tertiary/aromatic N) is 1. The van der Waals surface area contributed by atoms with Gasteiger partial charge in [0.2, 0.25) is 0 Å². The maximum Gasteiger partial charge on any atom is 0.172 e. The molecule has 0 aromatic heterocycles. The molecule has 0 fully saturated rings. The maximum atomic E-state index is 5.74. The van der Waals surface area contributed by atoms with E-state index < -0.39 is 0 Å². The van der Waals surface area contributed by atoms with Crippen molar-refractivity contribution in [1.82, 2.24) is 4.90 Å². The Morgan fingerprint density at radius 1 is 1.29 bits per heavy atom. The SMILES string of the molecule is CN(C)C(=S)Nc1ccc(Cl)cc1.I. The van der Waals surface area contributed by atoms with Crippen molar-refractivity contribution in [3.05, 3.63) is 29.3 Å². The van der Waals surface area contributed by atoms with E-state index in [4.69, 9.17) is 23.8 Å². The number of nitrogens with one attached hydrogen (secondary N) is 1. The molecule has 0 heterocycles. The van der Waals surface area contributed by atoms with Crippen LogP contribution in [0, 0.1) is 0 Å². The molecule has 0 saturated heterocycles. The van der Waals surface area contributed by atoms with E-state index in [1.165, 1.54) is 0 Å². The summed E-state index contributed by atoms with van der Waals surface area (Å²) in [5.74, 6) is 0. The second-order valence-corrected chi connectivity index (χ2v) is 3.65. The van der Waals surface area contributed by atoms with Crippen LogP contribution in [-0.2, 0) is 0 Å². The summed E-state index contributed by atoms with van der Waals surface area (Å²) in [5.41, 5.74) is 0.947. The first-order valence-corrected chi connectivity index (χ1v) is 4.62. The van der Waals surface area contributed by atoms with Gasteiger partial charge < -0.3 is 10.2 Å². The second-order valence-electron chi connectivity index (χ2n) is 2.83. The lowest BCUT2D eigenvalue weighted by Gasteiger charge is -2.15. The molecule has 0 aliphatic carbocycles. The van der Waals surface area contributed by atoms with E-state index in [-0.39, 0.29) is 24.0 Å². The van der Waals surface area contributed by atoms with Crippen LogP contribution in [0.3, 0.4) is 0 Å². The Morgan fingerprint density at radius 2 is 1.79 bits per heavy atom. The van der Waals surface area contributed by atoms with Crippen LogP contribution in [-0.4, -0.2) is 24.1 Å². The number of halogens is 2. The molecule has 5 heteroatoms. The molecule has 0 amide bonds. The first-order valence-electron chi connectivity index (χ1n) is 3.83. The predicted octanol–water partition coefficient (Wildman–Crippen LogP) is 3.22. The van der Waals surface area contributed by atoms with Crippen molar-refractivity contribution in [2.75, 3.05) is 19.4 Å². The summed E-state index contributed by atoms with van der Waals surface area (Å²) in [6.45, 7) is 0. The van der Waals surface area contributed by atoms with E-state index in [1.807, 2.05) is 43.3 Å². The Kier molecular flexibility index (Phi) is 6.39. The van der Waals surface area contributed by atoms with Crippen LogP contribution in [0.5, 0.6) is 0 Å². The Balaban J connectivity index is 0.00000169. The van der Waals surface area contributed by atoms with Crippen LogP contribution in [0.15, 0.2) is 24.3 Å². The average Bonchev–Trinajstić information content (AvgIpc) is 2.08. The average molecular weight is 343 g/mol. The van der Waals surface area contributed by atoms with Crippen molar-refractivity contribution >= 4 is 58.6 Å². The zero-order valence-corrected chi connectivity index (χ0v) is 11.9. The highest BCUT2D eigenvalue weighted by Crippen LogP contribution is 2.13.